The zero-order valence-corrected chi connectivity index (χ0v) is 19.1. The summed E-state index contributed by atoms with van der Waals surface area (Å²) >= 11 is 0. The van der Waals surface area contributed by atoms with Crippen molar-refractivity contribution >= 4 is 23.3 Å². The smallest absolute Gasteiger partial charge is 0.315 e. The second kappa shape index (κ2) is 10.1. The van der Waals surface area contributed by atoms with E-state index >= 15 is 0 Å². The minimum absolute atomic E-state index is 0.0527. The summed E-state index contributed by atoms with van der Waals surface area (Å²) in [7, 11) is 0. The van der Waals surface area contributed by atoms with Gasteiger partial charge in [-0.2, -0.15) is 0 Å². The van der Waals surface area contributed by atoms with Crippen molar-refractivity contribution in [2.45, 2.75) is 45.6 Å². The first kappa shape index (κ1) is 23.7. The van der Waals surface area contributed by atoms with Crippen LogP contribution in [0.25, 0.3) is 0 Å². The number of benzene rings is 2. The third kappa shape index (κ3) is 5.07. The number of aliphatic imine (C=N–C) groups is 1. The Morgan fingerprint density at radius 1 is 1.00 bits per heavy atom. The number of hydrogen-bond donors (Lipinski definition) is 1. The molecule has 6 nitrogen and oxygen atoms in total. The highest BCUT2D eigenvalue weighted by Crippen LogP contribution is 2.47. The van der Waals surface area contributed by atoms with Gasteiger partial charge in [0.1, 0.15) is 5.92 Å². The predicted molar refractivity (Wildman–Crippen MR) is 123 cm³/mol. The number of carbonyl (C=O) groups is 2. The van der Waals surface area contributed by atoms with Gasteiger partial charge in [-0.1, -0.05) is 48.0 Å². The zero-order chi connectivity index (χ0) is 23.3. The van der Waals surface area contributed by atoms with Gasteiger partial charge in [0.05, 0.1) is 30.4 Å². The van der Waals surface area contributed by atoms with Crippen molar-refractivity contribution in [1.82, 2.24) is 0 Å². The molecule has 1 N–H and O–H groups in total. The number of nitrogens with zero attached hydrogens (tertiary/aromatic N) is 1. The van der Waals surface area contributed by atoms with E-state index in [-0.39, 0.29) is 19.6 Å². The van der Waals surface area contributed by atoms with Gasteiger partial charge in [-0.05, 0) is 45.4 Å². The van der Waals surface area contributed by atoms with Gasteiger partial charge in [0, 0.05) is 18.1 Å². The maximum absolute atomic E-state index is 13.2. The molecule has 2 aromatic carbocycles. The fourth-order valence-corrected chi connectivity index (χ4v) is 4.47. The van der Waals surface area contributed by atoms with E-state index < -0.39 is 35.3 Å². The Hall–Kier alpha value is -2.99. The van der Waals surface area contributed by atoms with Crippen molar-refractivity contribution in [3.8, 4) is 0 Å². The highest BCUT2D eigenvalue weighted by Gasteiger charge is 2.56. The normalized spacial score (nSPS) is 26.5. The summed E-state index contributed by atoms with van der Waals surface area (Å²) in [5.74, 6) is -3.45. The third-order valence-electron chi connectivity index (χ3n) is 5.86. The first-order valence-electron chi connectivity index (χ1n) is 11.0. The molecule has 0 heterocycles. The summed E-state index contributed by atoms with van der Waals surface area (Å²) in [6, 6.07) is 16.9. The maximum Gasteiger partial charge on any atom is 0.315 e. The molecule has 4 atom stereocenters. The number of carbonyl (C=O) groups excluding carboxylic acids is 2. The molecule has 0 unspecified atom stereocenters. The molecule has 1 aliphatic rings. The van der Waals surface area contributed by atoms with E-state index in [9.17, 15) is 14.7 Å². The summed E-state index contributed by atoms with van der Waals surface area (Å²) in [6.45, 7) is 7.44. The Bertz CT molecular complexity index is 965. The van der Waals surface area contributed by atoms with Crippen LogP contribution in [0.1, 0.15) is 44.2 Å². The van der Waals surface area contributed by atoms with Crippen LogP contribution in [0.4, 0.5) is 5.69 Å². The van der Waals surface area contributed by atoms with Gasteiger partial charge < -0.3 is 14.6 Å². The Morgan fingerprint density at radius 2 is 1.59 bits per heavy atom. The summed E-state index contributed by atoms with van der Waals surface area (Å²) in [5.41, 5.74) is 1.55. The van der Waals surface area contributed by atoms with Gasteiger partial charge >= 0.3 is 11.9 Å². The topological polar surface area (TPSA) is 85.2 Å². The molecule has 0 saturated heterocycles. The second-order valence-electron chi connectivity index (χ2n) is 8.37. The van der Waals surface area contributed by atoms with E-state index in [0.717, 1.165) is 11.1 Å². The fraction of sp³-hybridized carbons (Fsp3) is 0.423. The third-order valence-corrected chi connectivity index (χ3v) is 5.86. The zero-order valence-electron chi connectivity index (χ0n) is 19.1. The molecular weight excluding hydrogens is 406 g/mol. The average Bonchev–Trinajstić information content (AvgIpc) is 2.75. The quantitative estimate of drug-likeness (QED) is 0.679. The lowest BCUT2D eigenvalue weighted by Gasteiger charge is -2.45. The fourth-order valence-electron chi connectivity index (χ4n) is 4.47. The monoisotopic (exact) mass is 437 g/mol. The average molecular weight is 438 g/mol. The molecule has 3 rings (SSSR count). The lowest BCUT2D eigenvalue weighted by atomic mass is 9.61. The minimum atomic E-state index is -1.46. The van der Waals surface area contributed by atoms with Crippen LogP contribution in [0.15, 0.2) is 59.6 Å². The largest absolute Gasteiger partial charge is 0.466 e. The van der Waals surface area contributed by atoms with Crippen molar-refractivity contribution in [3.63, 3.8) is 0 Å². The molecule has 2 aromatic rings. The number of hydrogen-bond acceptors (Lipinski definition) is 6. The molecule has 0 aromatic heterocycles. The van der Waals surface area contributed by atoms with Gasteiger partial charge in [-0.15, -0.1) is 0 Å². The molecule has 6 heteroatoms. The Labute approximate surface area is 189 Å². The molecule has 0 spiro atoms. The molecule has 1 fully saturated rings. The summed E-state index contributed by atoms with van der Waals surface area (Å²) in [4.78, 5) is 31.0. The van der Waals surface area contributed by atoms with Gasteiger partial charge in [0.15, 0.2) is 0 Å². The van der Waals surface area contributed by atoms with E-state index in [1.165, 1.54) is 0 Å². The number of esters is 2. The van der Waals surface area contributed by atoms with E-state index in [4.69, 9.17) is 14.5 Å². The highest BCUT2D eigenvalue weighted by atomic mass is 16.5. The van der Waals surface area contributed by atoms with Crippen LogP contribution >= 0.6 is 0 Å². The molecule has 1 saturated carbocycles. The Kier molecular flexibility index (Phi) is 7.46. The van der Waals surface area contributed by atoms with Crippen molar-refractivity contribution in [3.05, 3.63) is 65.7 Å². The SMILES string of the molecule is CCOC(=O)[C@@H]1C(=Nc2ccc(C)cc2)C[C@](C)(O)[C@@H](C(=O)OCC)[C@H]1c1ccccc1. The van der Waals surface area contributed by atoms with Crippen molar-refractivity contribution < 1.29 is 24.2 Å². The van der Waals surface area contributed by atoms with E-state index in [2.05, 4.69) is 0 Å². The predicted octanol–water partition coefficient (Wildman–Crippen LogP) is 4.36. The molecule has 0 aliphatic heterocycles. The summed E-state index contributed by atoms with van der Waals surface area (Å²) in [5, 5.41) is 11.5. The summed E-state index contributed by atoms with van der Waals surface area (Å²) in [6.07, 6.45) is 0.0527. The van der Waals surface area contributed by atoms with Crippen LogP contribution in [0.2, 0.25) is 0 Å². The van der Waals surface area contributed by atoms with Gasteiger partial charge in [-0.25, -0.2) is 0 Å². The highest BCUT2D eigenvalue weighted by molar-refractivity contribution is 6.06. The van der Waals surface area contributed by atoms with Crippen molar-refractivity contribution in [1.29, 1.82) is 0 Å². The Balaban J connectivity index is 2.20. The van der Waals surface area contributed by atoms with Crippen LogP contribution in [-0.2, 0) is 19.1 Å². The molecule has 170 valence electrons. The van der Waals surface area contributed by atoms with E-state index in [1.54, 1.807) is 20.8 Å². The first-order valence-corrected chi connectivity index (χ1v) is 11.0. The minimum Gasteiger partial charge on any atom is -0.466 e. The van der Waals surface area contributed by atoms with Crippen LogP contribution in [-0.4, -0.2) is 41.6 Å². The molecule has 0 amide bonds. The first-order chi connectivity index (χ1) is 15.3. The molecule has 1 aliphatic carbocycles. The second-order valence-corrected chi connectivity index (χ2v) is 8.37. The van der Waals surface area contributed by atoms with Gasteiger partial charge in [0.25, 0.3) is 0 Å². The van der Waals surface area contributed by atoms with Crippen LogP contribution in [0.3, 0.4) is 0 Å². The van der Waals surface area contributed by atoms with Gasteiger partial charge in [0.2, 0.25) is 0 Å². The van der Waals surface area contributed by atoms with Gasteiger partial charge in [-0.3, -0.25) is 14.6 Å². The summed E-state index contributed by atoms with van der Waals surface area (Å²) < 4.78 is 10.8. The van der Waals surface area contributed by atoms with E-state index in [1.807, 2.05) is 61.5 Å². The van der Waals surface area contributed by atoms with Crippen LogP contribution in [0.5, 0.6) is 0 Å². The van der Waals surface area contributed by atoms with Crippen LogP contribution in [0, 0.1) is 18.8 Å². The van der Waals surface area contributed by atoms with Crippen molar-refractivity contribution in [2.75, 3.05) is 13.2 Å². The molecule has 0 radical (unpaired) electrons. The maximum atomic E-state index is 13.2. The van der Waals surface area contributed by atoms with Crippen LogP contribution < -0.4 is 0 Å². The Morgan fingerprint density at radius 3 is 2.19 bits per heavy atom. The molecular formula is C26H31NO5. The number of rotatable bonds is 6. The number of ether oxygens (including phenoxy) is 2. The standard InChI is InChI=1S/C26H31NO5/c1-5-31-24(28)22-20(27-19-14-12-17(3)13-15-19)16-26(4,30)23(25(29)32-6-2)21(22)18-10-8-7-9-11-18/h7-15,21-23,30H,5-6,16H2,1-4H3/t21-,22+,23+,26-/m0/s1. The number of aryl methyl sites for hydroxylation is 1. The lowest BCUT2D eigenvalue weighted by molar-refractivity contribution is -0.163. The lowest BCUT2D eigenvalue weighted by Crippen LogP contribution is -2.55. The molecule has 32 heavy (non-hydrogen) atoms. The van der Waals surface area contributed by atoms with E-state index in [0.29, 0.717) is 11.4 Å². The van der Waals surface area contributed by atoms with Crippen molar-refractivity contribution in [2.24, 2.45) is 16.8 Å². The number of aliphatic hydroxyl groups is 1. The molecule has 0 bridgehead atoms.